The maximum absolute atomic E-state index is 13.8. The molecule has 9 nitrogen and oxygen atoms in total. The quantitative estimate of drug-likeness (QED) is 0.343. The van der Waals surface area contributed by atoms with Gasteiger partial charge in [0.25, 0.3) is 5.91 Å². The number of benzene rings is 3. The van der Waals surface area contributed by atoms with Gasteiger partial charge in [-0.15, -0.1) is 0 Å². The summed E-state index contributed by atoms with van der Waals surface area (Å²) in [7, 11) is 3.08. The third-order valence-electron chi connectivity index (χ3n) is 6.22. The number of anilines is 2. The molecule has 38 heavy (non-hydrogen) atoms. The van der Waals surface area contributed by atoms with E-state index in [2.05, 4.69) is 20.7 Å². The monoisotopic (exact) mass is 515 g/mol. The third-order valence-corrected chi connectivity index (χ3v) is 6.22. The van der Waals surface area contributed by atoms with E-state index in [1.165, 1.54) is 25.6 Å². The smallest absolute Gasteiger partial charge is 0.255 e. The van der Waals surface area contributed by atoms with Crippen LogP contribution in [0.25, 0.3) is 0 Å². The number of nitrogens with zero attached hydrogens (tertiary/aromatic N) is 3. The van der Waals surface area contributed by atoms with Crippen molar-refractivity contribution in [3.63, 3.8) is 0 Å². The minimum Gasteiger partial charge on any atom is -0.497 e. The molecule has 1 aliphatic heterocycles. The molecule has 0 saturated carbocycles. The zero-order chi connectivity index (χ0) is 26.6. The zero-order valence-electron chi connectivity index (χ0n) is 21.1. The molecule has 0 saturated heterocycles. The van der Waals surface area contributed by atoms with E-state index in [9.17, 15) is 9.18 Å². The van der Waals surface area contributed by atoms with Gasteiger partial charge in [0.15, 0.2) is 0 Å². The van der Waals surface area contributed by atoms with Crippen LogP contribution in [0.2, 0.25) is 0 Å². The van der Waals surface area contributed by atoms with Crippen LogP contribution in [-0.2, 0) is 11.4 Å². The molecule has 5 rings (SSSR count). The van der Waals surface area contributed by atoms with Gasteiger partial charge < -0.3 is 24.8 Å². The number of nitrogens with one attached hydrogen (secondary N) is 2. The Hall–Kier alpha value is -4.86. The molecular formula is C28H26FN5O4. The Morgan fingerprint density at radius 3 is 2.61 bits per heavy atom. The van der Waals surface area contributed by atoms with E-state index in [0.717, 1.165) is 5.56 Å². The lowest BCUT2D eigenvalue weighted by atomic mass is 9.94. The highest BCUT2D eigenvalue weighted by Gasteiger charge is 2.35. The minimum atomic E-state index is -0.644. The van der Waals surface area contributed by atoms with E-state index in [0.29, 0.717) is 45.7 Å². The molecule has 0 aliphatic carbocycles. The van der Waals surface area contributed by atoms with Crippen molar-refractivity contribution >= 4 is 17.5 Å². The summed E-state index contributed by atoms with van der Waals surface area (Å²) < 4.78 is 31.9. The van der Waals surface area contributed by atoms with Gasteiger partial charge >= 0.3 is 0 Å². The largest absolute Gasteiger partial charge is 0.497 e. The second-order valence-corrected chi connectivity index (χ2v) is 8.57. The van der Waals surface area contributed by atoms with Gasteiger partial charge in [0, 0.05) is 17.3 Å². The average molecular weight is 516 g/mol. The summed E-state index contributed by atoms with van der Waals surface area (Å²) in [6.45, 7) is 2.03. The van der Waals surface area contributed by atoms with Gasteiger partial charge in [-0.3, -0.25) is 4.79 Å². The maximum atomic E-state index is 13.8. The first-order valence-corrected chi connectivity index (χ1v) is 11.9. The molecule has 2 heterocycles. The molecule has 4 aromatic rings. The van der Waals surface area contributed by atoms with Crippen LogP contribution < -0.4 is 24.8 Å². The molecular weight excluding hydrogens is 489 g/mol. The highest BCUT2D eigenvalue weighted by molar-refractivity contribution is 6.06. The maximum Gasteiger partial charge on any atom is 0.255 e. The lowest BCUT2D eigenvalue weighted by molar-refractivity contribution is -0.113. The van der Waals surface area contributed by atoms with Crippen molar-refractivity contribution in [3.05, 3.63) is 101 Å². The van der Waals surface area contributed by atoms with Crippen molar-refractivity contribution in [1.29, 1.82) is 0 Å². The summed E-state index contributed by atoms with van der Waals surface area (Å²) in [6, 6.07) is 18.1. The van der Waals surface area contributed by atoms with Crippen molar-refractivity contribution in [2.45, 2.75) is 19.6 Å². The number of aromatic nitrogens is 3. The SMILES string of the molecule is COc1ccc(OC)c(NC(=O)C2=C(C)Nc3ncnn3[C@H]2c2ccccc2OCc2ccc(F)cc2)c1. The summed E-state index contributed by atoms with van der Waals surface area (Å²) in [4.78, 5) is 18.1. The number of para-hydroxylation sites is 1. The van der Waals surface area contributed by atoms with Crippen LogP contribution in [0.15, 0.2) is 84.3 Å². The fourth-order valence-corrected chi connectivity index (χ4v) is 4.35. The number of hydrogen-bond donors (Lipinski definition) is 2. The Morgan fingerprint density at radius 1 is 1.05 bits per heavy atom. The fraction of sp³-hybridized carbons (Fsp3) is 0.179. The van der Waals surface area contributed by atoms with Crippen molar-refractivity contribution in [2.75, 3.05) is 24.9 Å². The Kier molecular flexibility index (Phi) is 6.94. The predicted octanol–water partition coefficient (Wildman–Crippen LogP) is 4.94. The predicted molar refractivity (Wildman–Crippen MR) is 140 cm³/mol. The van der Waals surface area contributed by atoms with E-state index in [1.807, 2.05) is 31.2 Å². The van der Waals surface area contributed by atoms with Gasteiger partial charge in [0.05, 0.1) is 25.5 Å². The van der Waals surface area contributed by atoms with E-state index >= 15 is 0 Å². The van der Waals surface area contributed by atoms with E-state index in [-0.39, 0.29) is 18.3 Å². The molecule has 1 aromatic heterocycles. The Balaban J connectivity index is 1.52. The van der Waals surface area contributed by atoms with Gasteiger partial charge in [-0.25, -0.2) is 9.07 Å². The summed E-state index contributed by atoms with van der Waals surface area (Å²) in [5.41, 5.74) is 3.02. The average Bonchev–Trinajstić information content (AvgIpc) is 3.40. The van der Waals surface area contributed by atoms with Crippen molar-refractivity contribution in [1.82, 2.24) is 14.8 Å². The second kappa shape index (κ2) is 10.6. The molecule has 1 amide bonds. The Morgan fingerprint density at radius 2 is 1.84 bits per heavy atom. The summed E-state index contributed by atoms with van der Waals surface area (Å²) in [6.07, 6.45) is 1.43. The highest BCUT2D eigenvalue weighted by atomic mass is 19.1. The van der Waals surface area contributed by atoms with Crippen LogP contribution in [0.1, 0.15) is 24.1 Å². The molecule has 0 radical (unpaired) electrons. The normalized spacial score (nSPS) is 14.4. The number of halogens is 1. The fourth-order valence-electron chi connectivity index (χ4n) is 4.35. The molecule has 0 unspecified atom stereocenters. The second-order valence-electron chi connectivity index (χ2n) is 8.57. The molecule has 1 aliphatic rings. The van der Waals surface area contributed by atoms with Gasteiger partial charge in [0.2, 0.25) is 5.95 Å². The standard InChI is InChI=1S/C28H26FN5O4/c1-17-25(27(35)33-22-14-20(36-2)12-13-24(22)37-3)26(34-28(32-17)30-16-31-34)21-6-4-5-7-23(21)38-15-18-8-10-19(29)11-9-18/h4-14,16,26H,15H2,1-3H3,(H,33,35)(H,30,31,32)/t26-/m0/s1. The summed E-state index contributed by atoms with van der Waals surface area (Å²) in [5.74, 6) is 1.44. The molecule has 3 aromatic carbocycles. The zero-order valence-corrected chi connectivity index (χ0v) is 21.1. The van der Waals surface area contributed by atoms with E-state index in [1.54, 1.807) is 42.1 Å². The van der Waals surface area contributed by atoms with E-state index in [4.69, 9.17) is 14.2 Å². The topological polar surface area (TPSA) is 99.5 Å². The first-order chi connectivity index (χ1) is 18.5. The lowest BCUT2D eigenvalue weighted by Crippen LogP contribution is -2.31. The third kappa shape index (κ3) is 4.88. The number of ether oxygens (including phenoxy) is 3. The number of fused-ring (bicyclic) bond motifs is 1. The molecule has 0 spiro atoms. The van der Waals surface area contributed by atoms with Crippen molar-refractivity contribution in [3.8, 4) is 17.2 Å². The van der Waals surface area contributed by atoms with Crippen LogP contribution in [0, 0.1) is 5.82 Å². The summed E-state index contributed by atoms with van der Waals surface area (Å²) in [5, 5.41) is 10.5. The number of carbonyl (C=O) groups excluding carboxylic acids is 1. The van der Waals surface area contributed by atoms with Crippen LogP contribution in [0.3, 0.4) is 0 Å². The van der Waals surface area contributed by atoms with Gasteiger partial charge in [-0.05, 0) is 42.8 Å². The molecule has 2 N–H and O–H groups in total. The molecule has 194 valence electrons. The Bertz CT molecular complexity index is 1500. The van der Waals surface area contributed by atoms with Gasteiger partial charge in [-0.1, -0.05) is 30.3 Å². The van der Waals surface area contributed by atoms with Gasteiger partial charge in [-0.2, -0.15) is 10.1 Å². The van der Waals surface area contributed by atoms with Crippen LogP contribution in [-0.4, -0.2) is 34.9 Å². The highest BCUT2D eigenvalue weighted by Crippen LogP contribution is 2.40. The summed E-state index contributed by atoms with van der Waals surface area (Å²) >= 11 is 0. The lowest BCUT2D eigenvalue weighted by Gasteiger charge is -2.30. The number of amides is 1. The first kappa shape index (κ1) is 24.8. The number of hydrogen-bond acceptors (Lipinski definition) is 7. The van der Waals surface area contributed by atoms with Crippen LogP contribution in [0.5, 0.6) is 17.2 Å². The van der Waals surface area contributed by atoms with Crippen molar-refractivity contribution < 1.29 is 23.4 Å². The number of carbonyl (C=O) groups is 1. The van der Waals surface area contributed by atoms with Crippen LogP contribution >= 0.6 is 0 Å². The van der Waals surface area contributed by atoms with E-state index < -0.39 is 6.04 Å². The number of allylic oxidation sites excluding steroid dienone is 1. The minimum absolute atomic E-state index is 0.220. The van der Waals surface area contributed by atoms with Crippen LogP contribution in [0.4, 0.5) is 16.0 Å². The number of rotatable bonds is 8. The molecule has 1 atom stereocenters. The van der Waals surface area contributed by atoms with Crippen molar-refractivity contribution in [2.24, 2.45) is 0 Å². The Labute approximate surface area is 218 Å². The molecule has 0 fully saturated rings. The molecule has 10 heteroatoms. The molecule has 0 bridgehead atoms. The number of methoxy groups -OCH3 is 2. The van der Waals surface area contributed by atoms with Gasteiger partial charge in [0.1, 0.15) is 42.0 Å². The first-order valence-electron chi connectivity index (χ1n) is 11.9.